The Hall–Kier alpha value is -4.77. The smallest absolute Gasteiger partial charge is 0.255 e. The van der Waals surface area contributed by atoms with Crippen LogP contribution in [0.3, 0.4) is 0 Å². The molecule has 4 heterocycles. The van der Waals surface area contributed by atoms with E-state index < -0.39 is 30.0 Å². The summed E-state index contributed by atoms with van der Waals surface area (Å²) in [6.07, 6.45) is 6.31. The van der Waals surface area contributed by atoms with Gasteiger partial charge in [-0.3, -0.25) is 9.78 Å². The highest BCUT2D eigenvalue weighted by Crippen LogP contribution is 2.26. The molecule has 4 rings (SSSR count). The molecule has 0 aromatic carbocycles. The Morgan fingerprint density at radius 3 is 2.75 bits per heavy atom. The van der Waals surface area contributed by atoms with Crippen molar-refractivity contribution in [2.75, 3.05) is 29.9 Å². The molecule has 2 aliphatic rings. The van der Waals surface area contributed by atoms with Crippen molar-refractivity contribution in [2.24, 2.45) is 4.99 Å². The lowest BCUT2D eigenvalue weighted by Crippen LogP contribution is -2.42. The maximum atomic E-state index is 14.3. The number of rotatable bonds is 9. The van der Waals surface area contributed by atoms with Gasteiger partial charge in [-0.2, -0.15) is 5.26 Å². The van der Waals surface area contributed by atoms with Gasteiger partial charge in [0.05, 0.1) is 52.6 Å². The van der Waals surface area contributed by atoms with Crippen LogP contribution in [0.15, 0.2) is 47.2 Å². The van der Waals surface area contributed by atoms with Gasteiger partial charge in [0, 0.05) is 44.0 Å². The third kappa shape index (κ3) is 6.62. The molecule has 0 bridgehead atoms. The molecule has 2 aliphatic heterocycles. The second-order valence-electron chi connectivity index (χ2n) is 9.74. The first-order chi connectivity index (χ1) is 19.1. The van der Waals surface area contributed by atoms with E-state index in [9.17, 15) is 18.7 Å². The van der Waals surface area contributed by atoms with E-state index in [4.69, 9.17) is 10.7 Å². The number of carbonyl (C=O) groups is 1. The standard InChI is InChI=1S/C26H28F2N10O2/c1-26(2,40)22(28)13-34-24(39)19-12-31-20(18(7-30)23-32-8-15(6-29)9-33-23)5-21(19)37-17-3-4-38(14-17)25-35-10-16(27)11-36-25/h5,7-12,17,22,30,32,40H,3-4,13-14H2,1-2H3,(H,31,37)(H,34,39)/b23-18-,30-7?. The van der Waals surface area contributed by atoms with Crippen molar-refractivity contribution in [3.05, 3.63) is 59.3 Å². The van der Waals surface area contributed by atoms with Gasteiger partial charge in [0.25, 0.3) is 5.91 Å². The van der Waals surface area contributed by atoms with Crippen LogP contribution in [0, 0.1) is 22.6 Å². The van der Waals surface area contributed by atoms with Gasteiger partial charge in [-0.25, -0.2) is 23.7 Å². The van der Waals surface area contributed by atoms with Crippen LogP contribution in [-0.2, 0) is 0 Å². The average molecular weight is 551 g/mol. The minimum absolute atomic E-state index is 0.129. The van der Waals surface area contributed by atoms with Gasteiger partial charge in [0.2, 0.25) is 5.95 Å². The van der Waals surface area contributed by atoms with E-state index >= 15 is 0 Å². The van der Waals surface area contributed by atoms with Crippen molar-refractivity contribution in [1.82, 2.24) is 25.6 Å². The molecule has 12 nitrogen and oxygen atoms in total. The Morgan fingerprint density at radius 2 is 2.12 bits per heavy atom. The van der Waals surface area contributed by atoms with Crippen molar-refractivity contribution >= 4 is 35.5 Å². The van der Waals surface area contributed by atoms with Crippen LogP contribution in [0.1, 0.15) is 36.3 Å². The highest BCUT2D eigenvalue weighted by atomic mass is 19.1. The van der Waals surface area contributed by atoms with Crippen LogP contribution in [0.2, 0.25) is 0 Å². The lowest BCUT2D eigenvalue weighted by Gasteiger charge is -2.23. The third-order valence-electron chi connectivity index (χ3n) is 6.30. The first kappa shape index (κ1) is 28.2. The molecule has 1 fully saturated rings. The molecule has 2 unspecified atom stereocenters. The normalized spacial score (nSPS) is 18.8. The van der Waals surface area contributed by atoms with E-state index in [0.29, 0.717) is 48.0 Å². The highest BCUT2D eigenvalue weighted by molar-refractivity contribution is 6.10. The molecule has 0 radical (unpaired) electrons. The number of amides is 1. The number of allylic oxidation sites excluding steroid dienone is 2. The van der Waals surface area contributed by atoms with Gasteiger partial charge in [-0.05, 0) is 26.3 Å². The monoisotopic (exact) mass is 550 g/mol. The van der Waals surface area contributed by atoms with Crippen LogP contribution in [-0.4, -0.2) is 75.8 Å². The highest BCUT2D eigenvalue weighted by Gasteiger charge is 2.29. The van der Waals surface area contributed by atoms with Crippen molar-refractivity contribution in [2.45, 2.75) is 38.1 Å². The van der Waals surface area contributed by atoms with E-state index in [2.05, 4.69) is 35.9 Å². The van der Waals surface area contributed by atoms with E-state index in [0.717, 1.165) is 18.6 Å². The zero-order valence-electron chi connectivity index (χ0n) is 21.8. The van der Waals surface area contributed by atoms with E-state index in [-0.39, 0.29) is 17.4 Å². The molecule has 2 aromatic rings. The van der Waals surface area contributed by atoms with Gasteiger partial charge >= 0.3 is 0 Å². The number of hydrogen-bond donors (Lipinski definition) is 5. The van der Waals surface area contributed by atoms with Gasteiger partial charge in [0.15, 0.2) is 5.82 Å². The maximum Gasteiger partial charge on any atom is 0.255 e. The number of aromatic nitrogens is 3. The molecule has 14 heteroatoms. The van der Waals surface area contributed by atoms with Gasteiger partial charge in [-0.15, -0.1) is 0 Å². The van der Waals surface area contributed by atoms with Crippen LogP contribution in [0.25, 0.3) is 5.57 Å². The predicted molar refractivity (Wildman–Crippen MR) is 145 cm³/mol. The molecule has 0 aliphatic carbocycles. The fourth-order valence-electron chi connectivity index (χ4n) is 4.01. The molecule has 1 saturated heterocycles. The third-order valence-corrected chi connectivity index (χ3v) is 6.30. The number of pyridine rings is 1. The second-order valence-corrected chi connectivity index (χ2v) is 9.74. The largest absolute Gasteiger partial charge is 0.387 e. The maximum absolute atomic E-state index is 14.3. The summed E-state index contributed by atoms with van der Waals surface area (Å²) in [5.74, 6) is -0.480. The minimum Gasteiger partial charge on any atom is -0.387 e. The Kier molecular flexibility index (Phi) is 8.44. The topological polar surface area (TPSA) is 175 Å². The Morgan fingerprint density at radius 1 is 1.38 bits per heavy atom. The Labute approximate surface area is 229 Å². The lowest BCUT2D eigenvalue weighted by molar-refractivity contribution is -0.00177. The number of hydrogen-bond acceptors (Lipinski definition) is 11. The van der Waals surface area contributed by atoms with Crippen molar-refractivity contribution in [3.63, 3.8) is 0 Å². The van der Waals surface area contributed by atoms with E-state index in [1.807, 2.05) is 11.0 Å². The summed E-state index contributed by atoms with van der Waals surface area (Å²) >= 11 is 0. The molecule has 0 saturated carbocycles. The number of nitrogens with zero attached hydrogens (tertiary/aromatic N) is 6. The second kappa shape index (κ2) is 12.0. The summed E-state index contributed by atoms with van der Waals surface area (Å²) in [6.45, 7) is 3.26. The van der Waals surface area contributed by atoms with E-state index in [1.54, 1.807) is 6.07 Å². The number of aliphatic imine (C=N–C) groups is 1. The summed E-state index contributed by atoms with van der Waals surface area (Å²) < 4.78 is 27.6. The summed E-state index contributed by atoms with van der Waals surface area (Å²) in [6, 6.07) is 3.39. The molecule has 2 aromatic heterocycles. The molecule has 40 heavy (non-hydrogen) atoms. The molecular formula is C26H28F2N10O2. The summed E-state index contributed by atoms with van der Waals surface area (Å²) in [7, 11) is 0. The first-order valence-electron chi connectivity index (χ1n) is 12.4. The predicted octanol–water partition coefficient (Wildman–Crippen LogP) is 1.94. The molecule has 5 N–H and O–H groups in total. The zero-order valence-corrected chi connectivity index (χ0v) is 21.8. The fourth-order valence-corrected chi connectivity index (χ4v) is 4.01. The number of alkyl halides is 1. The van der Waals surface area contributed by atoms with Crippen molar-refractivity contribution < 1.29 is 18.7 Å². The van der Waals surface area contributed by atoms with Crippen LogP contribution < -0.4 is 20.9 Å². The number of aliphatic hydroxyl groups is 1. The fraction of sp³-hybridized carbons (Fsp3) is 0.346. The Balaban J connectivity index is 1.61. The van der Waals surface area contributed by atoms with Crippen LogP contribution in [0.5, 0.6) is 0 Å². The van der Waals surface area contributed by atoms with Crippen molar-refractivity contribution in [1.29, 1.82) is 10.7 Å². The van der Waals surface area contributed by atoms with Crippen LogP contribution in [0.4, 0.5) is 20.4 Å². The molecule has 208 valence electrons. The quantitative estimate of drug-likeness (QED) is 0.292. The minimum atomic E-state index is -1.70. The molecular weight excluding hydrogens is 522 g/mol. The number of anilines is 2. The number of nitriles is 1. The average Bonchev–Trinajstić information content (AvgIpc) is 3.40. The van der Waals surface area contributed by atoms with Gasteiger partial charge in [-0.1, -0.05) is 0 Å². The van der Waals surface area contributed by atoms with Crippen molar-refractivity contribution in [3.8, 4) is 6.07 Å². The molecule has 2 atom stereocenters. The summed E-state index contributed by atoms with van der Waals surface area (Å²) in [5, 5.41) is 35.5. The van der Waals surface area contributed by atoms with Gasteiger partial charge in [0.1, 0.15) is 18.1 Å². The van der Waals surface area contributed by atoms with E-state index in [1.165, 1.54) is 32.5 Å². The number of carbonyl (C=O) groups excluding carboxylic acids is 1. The Bertz CT molecular complexity index is 1410. The van der Waals surface area contributed by atoms with Crippen LogP contribution >= 0.6 is 0 Å². The lowest BCUT2D eigenvalue weighted by atomic mass is 10.0. The summed E-state index contributed by atoms with van der Waals surface area (Å²) in [4.78, 5) is 31.5. The summed E-state index contributed by atoms with van der Waals surface area (Å²) in [5.41, 5.74) is -0.198. The zero-order chi connectivity index (χ0) is 28.9. The SMILES string of the molecule is CC(C)(O)C(F)CNC(=O)c1cnc(/C(C=N)=C2\N=CC(C#N)=CN2)cc1NC1CCN(c2ncc(F)cn2)C1. The first-order valence-corrected chi connectivity index (χ1v) is 12.4. The number of halogens is 2. The molecule has 1 amide bonds. The van der Waals surface area contributed by atoms with Gasteiger partial charge < -0.3 is 31.4 Å². The number of nitrogens with one attached hydrogen (secondary N) is 4. The molecule has 0 spiro atoms.